The lowest BCUT2D eigenvalue weighted by Gasteiger charge is -2.20. The van der Waals surface area contributed by atoms with Crippen molar-refractivity contribution in [1.82, 2.24) is 14.8 Å². The van der Waals surface area contributed by atoms with Crippen molar-refractivity contribution < 1.29 is 28.5 Å². The molecule has 2 atom stereocenters. The van der Waals surface area contributed by atoms with E-state index in [-0.39, 0.29) is 37.1 Å². The summed E-state index contributed by atoms with van der Waals surface area (Å²) in [4.78, 5) is 43.7. The van der Waals surface area contributed by atoms with Gasteiger partial charge in [-0.2, -0.15) is 0 Å². The summed E-state index contributed by atoms with van der Waals surface area (Å²) in [6.45, 7) is 9.51. The molecule has 0 spiro atoms. The molecule has 11 nitrogen and oxygen atoms in total. The van der Waals surface area contributed by atoms with Crippen LogP contribution in [0.2, 0.25) is 0 Å². The topological polar surface area (TPSA) is 115 Å². The van der Waals surface area contributed by atoms with Gasteiger partial charge >= 0.3 is 0 Å². The number of carbonyl (C=O) groups excluding carboxylic acids is 2. The largest absolute Gasteiger partial charge is 0.493 e. The lowest BCUT2D eigenvalue weighted by molar-refractivity contribution is 0.0769. The molecule has 2 amide bonds. The van der Waals surface area contributed by atoms with E-state index < -0.39 is 0 Å². The molecule has 2 saturated heterocycles. The molecule has 234 valence electrons. The maximum atomic E-state index is 13.3. The fraction of sp³-hybridized carbons (Fsp3) is 0.286. The summed E-state index contributed by atoms with van der Waals surface area (Å²) in [6.07, 6.45) is 8.45. The SMILES string of the molecule is C=C1CC2C=Nc3cc(OCc4cncc(COc5cc6c(cc5OC)C(=O)N5CC(=C)C[C@H]5C=N6)c4)c(OC)cc3C(=O)N2C1. The molecule has 4 aliphatic heterocycles. The van der Waals surface area contributed by atoms with E-state index in [1.54, 1.807) is 58.9 Å². The van der Waals surface area contributed by atoms with E-state index in [4.69, 9.17) is 18.9 Å². The van der Waals surface area contributed by atoms with Gasteiger partial charge in [-0.1, -0.05) is 24.3 Å². The van der Waals surface area contributed by atoms with Gasteiger partial charge in [-0.05, 0) is 31.0 Å². The summed E-state index contributed by atoms with van der Waals surface area (Å²) >= 11 is 0. The minimum Gasteiger partial charge on any atom is -0.493 e. The molecule has 2 fully saturated rings. The lowest BCUT2D eigenvalue weighted by Crippen LogP contribution is -2.35. The Morgan fingerprint density at radius 3 is 1.59 bits per heavy atom. The average Bonchev–Trinajstić information content (AvgIpc) is 3.57. The van der Waals surface area contributed by atoms with E-state index in [2.05, 4.69) is 28.1 Å². The van der Waals surface area contributed by atoms with Crippen molar-refractivity contribution in [3.63, 3.8) is 0 Å². The maximum Gasteiger partial charge on any atom is 0.257 e. The van der Waals surface area contributed by atoms with Crippen molar-refractivity contribution in [2.75, 3.05) is 27.3 Å². The van der Waals surface area contributed by atoms with Gasteiger partial charge in [0.15, 0.2) is 23.0 Å². The standard InChI is InChI=1S/C35H33N5O6/c1-20-5-24-14-37-28-10-32(30(43-3)8-26(28)34(41)39(24)16-20)45-18-22-7-23(13-36-12-22)19-46-33-11-29-27(9-31(33)44-4)35(42)40-17-21(2)6-25(40)15-38-29/h7-15,24-25H,1-2,5-6,16-19H2,3-4H3/t24-,25?/m0/s1. The Balaban J connectivity index is 1.06. The molecule has 0 aliphatic carbocycles. The summed E-state index contributed by atoms with van der Waals surface area (Å²) in [5.41, 5.74) is 5.64. The van der Waals surface area contributed by atoms with Crippen LogP contribution in [0.4, 0.5) is 11.4 Å². The molecule has 0 saturated carbocycles. The maximum absolute atomic E-state index is 13.3. The van der Waals surface area contributed by atoms with Gasteiger partial charge in [-0.15, -0.1) is 0 Å². The van der Waals surface area contributed by atoms with Crippen LogP contribution in [-0.4, -0.2) is 78.4 Å². The summed E-state index contributed by atoms with van der Waals surface area (Å²) in [5.74, 6) is 1.60. The number of carbonyl (C=O) groups is 2. The molecule has 5 heterocycles. The van der Waals surface area contributed by atoms with E-state index in [1.807, 2.05) is 6.07 Å². The number of hydrogen-bond donors (Lipinski definition) is 0. The van der Waals surface area contributed by atoms with Crippen molar-refractivity contribution in [2.45, 2.75) is 38.1 Å². The quantitative estimate of drug-likeness (QED) is 0.317. The average molecular weight is 620 g/mol. The predicted octanol–water partition coefficient (Wildman–Crippen LogP) is 5.23. The summed E-state index contributed by atoms with van der Waals surface area (Å²) < 4.78 is 23.5. The van der Waals surface area contributed by atoms with Crippen molar-refractivity contribution in [3.05, 3.63) is 89.3 Å². The summed E-state index contributed by atoms with van der Waals surface area (Å²) in [6, 6.07) is 8.57. The molecule has 4 aliphatic rings. The van der Waals surface area contributed by atoms with Gasteiger partial charge in [0.2, 0.25) is 0 Å². The van der Waals surface area contributed by atoms with Gasteiger partial charge < -0.3 is 28.7 Å². The molecule has 0 radical (unpaired) electrons. The Bertz CT molecular complexity index is 1720. The van der Waals surface area contributed by atoms with Gasteiger partial charge in [0.05, 0.1) is 48.8 Å². The Hall–Kier alpha value is -5.45. The Kier molecular flexibility index (Phi) is 7.51. The van der Waals surface area contributed by atoms with Gasteiger partial charge in [0.1, 0.15) is 13.2 Å². The monoisotopic (exact) mass is 619 g/mol. The molecule has 1 aromatic heterocycles. The summed E-state index contributed by atoms with van der Waals surface area (Å²) in [7, 11) is 3.08. The van der Waals surface area contributed by atoms with Crippen LogP contribution >= 0.6 is 0 Å². The third kappa shape index (κ3) is 5.38. The van der Waals surface area contributed by atoms with Gasteiger partial charge in [0.25, 0.3) is 11.8 Å². The molecule has 46 heavy (non-hydrogen) atoms. The lowest BCUT2D eigenvalue weighted by atomic mass is 10.1. The number of fused-ring (bicyclic) bond motifs is 4. The highest BCUT2D eigenvalue weighted by Gasteiger charge is 2.35. The van der Waals surface area contributed by atoms with Crippen LogP contribution < -0.4 is 18.9 Å². The summed E-state index contributed by atoms with van der Waals surface area (Å²) in [5, 5.41) is 0. The van der Waals surface area contributed by atoms with Gasteiger partial charge in [-0.3, -0.25) is 24.6 Å². The highest BCUT2D eigenvalue weighted by Crippen LogP contribution is 2.40. The van der Waals surface area contributed by atoms with Crippen LogP contribution in [0.1, 0.15) is 44.7 Å². The number of methoxy groups -OCH3 is 2. The number of aromatic nitrogens is 1. The highest BCUT2D eigenvalue weighted by molar-refractivity contribution is 6.04. The fourth-order valence-electron chi connectivity index (χ4n) is 6.23. The van der Waals surface area contributed by atoms with E-state index in [9.17, 15) is 9.59 Å². The van der Waals surface area contributed by atoms with Crippen LogP contribution in [0.25, 0.3) is 0 Å². The third-order valence-corrected chi connectivity index (χ3v) is 8.54. The van der Waals surface area contributed by atoms with Crippen molar-refractivity contribution in [1.29, 1.82) is 0 Å². The Labute approximate surface area is 266 Å². The van der Waals surface area contributed by atoms with Gasteiger partial charge in [-0.25, -0.2) is 0 Å². The van der Waals surface area contributed by atoms with E-state index in [0.29, 0.717) is 71.4 Å². The zero-order chi connectivity index (χ0) is 31.9. The van der Waals surface area contributed by atoms with Crippen LogP contribution in [-0.2, 0) is 13.2 Å². The molecule has 3 aromatic rings. The smallest absolute Gasteiger partial charge is 0.257 e. The molecule has 11 heteroatoms. The molecular formula is C35H33N5O6. The van der Waals surface area contributed by atoms with Gasteiger partial charge in [0, 0.05) is 61.2 Å². The third-order valence-electron chi connectivity index (χ3n) is 8.54. The molecule has 0 N–H and O–H groups in total. The molecule has 2 aromatic carbocycles. The number of pyridine rings is 1. The number of hydrogen-bond acceptors (Lipinski definition) is 9. The number of ether oxygens (including phenoxy) is 4. The Morgan fingerprint density at radius 1 is 0.696 bits per heavy atom. The second kappa shape index (κ2) is 11.8. The van der Waals surface area contributed by atoms with Crippen molar-refractivity contribution in [3.8, 4) is 23.0 Å². The minimum atomic E-state index is -0.103. The number of nitrogens with zero attached hydrogens (tertiary/aromatic N) is 5. The van der Waals surface area contributed by atoms with Crippen LogP contribution in [0.3, 0.4) is 0 Å². The van der Waals surface area contributed by atoms with Crippen LogP contribution in [0, 0.1) is 0 Å². The predicted molar refractivity (Wildman–Crippen MR) is 172 cm³/mol. The van der Waals surface area contributed by atoms with E-state index in [1.165, 1.54) is 14.2 Å². The van der Waals surface area contributed by atoms with E-state index >= 15 is 0 Å². The second-order valence-corrected chi connectivity index (χ2v) is 11.8. The minimum absolute atomic E-state index is 0.0987. The van der Waals surface area contributed by atoms with Crippen molar-refractivity contribution >= 4 is 35.6 Å². The van der Waals surface area contributed by atoms with Crippen LogP contribution in [0.5, 0.6) is 23.0 Å². The first-order chi connectivity index (χ1) is 22.3. The highest BCUT2D eigenvalue weighted by atomic mass is 16.5. The number of aliphatic imine (C=N–C) groups is 2. The molecular weight excluding hydrogens is 586 g/mol. The van der Waals surface area contributed by atoms with Crippen LogP contribution in [0.15, 0.2) is 77.0 Å². The first kappa shape index (κ1) is 29.3. The van der Waals surface area contributed by atoms with E-state index in [0.717, 1.165) is 22.3 Å². The normalized spacial score (nSPS) is 19.7. The first-order valence-electron chi connectivity index (χ1n) is 15.0. The first-order valence-corrected chi connectivity index (χ1v) is 15.0. The number of benzene rings is 2. The number of rotatable bonds is 8. The fourth-order valence-corrected chi connectivity index (χ4v) is 6.23. The molecule has 0 bridgehead atoms. The zero-order valence-electron chi connectivity index (χ0n) is 25.7. The zero-order valence-corrected chi connectivity index (χ0v) is 25.7. The molecule has 7 rings (SSSR count). The molecule has 1 unspecified atom stereocenters. The second-order valence-electron chi connectivity index (χ2n) is 11.8. The Morgan fingerprint density at radius 2 is 1.15 bits per heavy atom. The number of amides is 2. The van der Waals surface area contributed by atoms with Crippen molar-refractivity contribution in [2.24, 2.45) is 9.98 Å².